The minimum Gasteiger partial charge on any atom is -0.348 e. The van der Waals surface area contributed by atoms with Gasteiger partial charge in [-0.05, 0) is 31.8 Å². The highest BCUT2D eigenvalue weighted by Gasteiger charge is 2.14. The number of aromatic amines is 1. The van der Waals surface area contributed by atoms with Crippen molar-refractivity contribution in [1.29, 1.82) is 0 Å². The third-order valence-electron chi connectivity index (χ3n) is 2.23. The van der Waals surface area contributed by atoms with E-state index in [1.807, 2.05) is 6.20 Å². The number of nitrogens with one attached hydrogen (secondary N) is 2. The Morgan fingerprint density at radius 3 is 3.27 bits per heavy atom. The highest BCUT2D eigenvalue weighted by Crippen LogP contribution is 2.12. The zero-order chi connectivity index (χ0) is 7.52. The number of hydrogen-bond acceptors (Lipinski definition) is 2. The Bertz CT molecular complexity index is 199. The van der Waals surface area contributed by atoms with Crippen LogP contribution in [0.1, 0.15) is 12.1 Å². The molecule has 2 rings (SSSR count). The van der Waals surface area contributed by atoms with Gasteiger partial charge in [0.15, 0.2) is 0 Å². The molecule has 0 saturated carbocycles. The Hall–Kier alpha value is -0.830. The summed E-state index contributed by atoms with van der Waals surface area (Å²) in [4.78, 5) is 7.11. The van der Waals surface area contributed by atoms with Crippen molar-refractivity contribution in [1.82, 2.24) is 15.3 Å². The van der Waals surface area contributed by atoms with E-state index < -0.39 is 0 Å². The Balaban J connectivity index is 1.90. The lowest BCUT2D eigenvalue weighted by Gasteiger charge is -2.04. The summed E-state index contributed by atoms with van der Waals surface area (Å²) in [6.45, 7) is 2.35. The number of aromatic nitrogens is 2. The van der Waals surface area contributed by atoms with Crippen LogP contribution in [0.2, 0.25) is 0 Å². The largest absolute Gasteiger partial charge is 0.348 e. The van der Waals surface area contributed by atoms with Gasteiger partial charge in [0.2, 0.25) is 0 Å². The normalized spacial score (nSPS) is 24.2. The van der Waals surface area contributed by atoms with E-state index in [1.165, 1.54) is 25.2 Å². The van der Waals surface area contributed by atoms with E-state index in [1.54, 1.807) is 6.33 Å². The molecule has 0 aliphatic carbocycles. The lowest BCUT2D eigenvalue weighted by molar-refractivity contribution is 0.573. The van der Waals surface area contributed by atoms with E-state index in [4.69, 9.17) is 0 Å². The third-order valence-corrected chi connectivity index (χ3v) is 2.23. The van der Waals surface area contributed by atoms with E-state index >= 15 is 0 Å². The van der Waals surface area contributed by atoms with Crippen LogP contribution in [-0.2, 0) is 6.42 Å². The first-order valence-corrected chi connectivity index (χ1v) is 4.13. The van der Waals surface area contributed by atoms with E-state index in [0.29, 0.717) is 0 Å². The third kappa shape index (κ3) is 1.60. The molecule has 3 nitrogen and oxygen atoms in total. The van der Waals surface area contributed by atoms with Crippen LogP contribution >= 0.6 is 0 Å². The predicted molar refractivity (Wildman–Crippen MR) is 43.3 cm³/mol. The molecule has 0 radical (unpaired) electrons. The molecule has 3 heteroatoms. The Morgan fingerprint density at radius 2 is 2.64 bits per heavy atom. The lowest BCUT2D eigenvalue weighted by Crippen LogP contribution is -2.10. The number of H-pyrrole nitrogens is 1. The Labute approximate surface area is 66.2 Å². The monoisotopic (exact) mass is 151 g/mol. The van der Waals surface area contributed by atoms with Crippen LogP contribution in [0.25, 0.3) is 0 Å². The molecule has 1 aliphatic rings. The number of hydrogen-bond donors (Lipinski definition) is 2. The van der Waals surface area contributed by atoms with Crippen LogP contribution in [-0.4, -0.2) is 23.1 Å². The van der Waals surface area contributed by atoms with E-state index in [0.717, 1.165) is 12.3 Å². The fourth-order valence-electron chi connectivity index (χ4n) is 1.60. The van der Waals surface area contributed by atoms with Crippen molar-refractivity contribution in [3.05, 3.63) is 18.2 Å². The van der Waals surface area contributed by atoms with Gasteiger partial charge in [-0.2, -0.15) is 0 Å². The molecule has 2 heterocycles. The van der Waals surface area contributed by atoms with Crippen molar-refractivity contribution >= 4 is 0 Å². The van der Waals surface area contributed by atoms with Gasteiger partial charge in [0.25, 0.3) is 0 Å². The molecule has 1 atom stereocenters. The van der Waals surface area contributed by atoms with Crippen molar-refractivity contribution in [2.24, 2.45) is 5.92 Å². The fourth-order valence-corrected chi connectivity index (χ4v) is 1.60. The second-order valence-corrected chi connectivity index (χ2v) is 3.14. The summed E-state index contributed by atoms with van der Waals surface area (Å²) in [5.41, 5.74) is 1.26. The number of nitrogens with zero attached hydrogens (tertiary/aromatic N) is 1. The summed E-state index contributed by atoms with van der Waals surface area (Å²) in [5.74, 6) is 0.815. The maximum absolute atomic E-state index is 3.99. The van der Waals surface area contributed by atoms with Crippen LogP contribution in [0.3, 0.4) is 0 Å². The average molecular weight is 151 g/mol. The Kier molecular flexibility index (Phi) is 1.90. The van der Waals surface area contributed by atoms with Gasteiger partial charge >= 0.3 is 0 Å². The molecule has 60 valence electrons. The summed E-state index contributed by atoms with van der Waals surface area (Å²) >= 11 is 0. The first-order valence-electron chi connectivity index (χ1n) is 4.13. The average Bonchev–Trinajstić information content (AvgIpc) is 2.60. The second-order valence-electron chi connectivity index (χ2n) is 3.14. The van der Waals surface area contributed by atoms with Crippen molar-refractivity contribution < 1.29 is 0 Å². The van der Waals surface area contributed by atoms with Gasteiger partial charge < -0.3 is 10.3 Å². The van der Waals surface area contributed by atoms with E-state index in [2.05, 4.69) is 15.3 Å². The van der Waals surface area contributed by atoms with Crippen molar-refractivity contribution in [3.63, 3.8) is 0 Å². The molecule has 0 unspecified atom stereocenters. The van der Waals surface area contributed by atoms with Gasteiger partial charge in [0.1, 0.15) is 0 Å². The van der Waals surface area contributed by atoms with Crippen LogP contribution in [0.15, 0.2) is 12.5 Å². The quantitative estimate of drug-likeness (QED) is 0.648. The van der Waals surface area contributed by atoms with Gasteiger partial charge in [-0.1, -0.05) is 0 Å². The molecule has 0 amide bonds. The minimum atomic E-state index is 0.815. The van der Waals surface area contributed by atoms with Gasteiger partial charge in [0, 0.05) is 11.9 Å². The maximum Gasteiger partial charge on any atom is 0.0921 e. The Morgan fingerprint density at radius 1 is 1.64 bits per heavy atom. The molecule has 0 aromatic carbocycles. The summed E-state index contributed by atoms with van der Waals surface area (Å²) in [5, 5.41) is 3.35. The number of rotatable bonds is 2. The van der Waals surface area contributed by atoms with Crippen molar-refractivity contribution in [2.75, 3.05) is 13.1 Å². The summed E-state index contributed by atoms with van der Waals surface area (Å²) in [7, 11) is 0. The highest BCUT2D eigenvalue weighted by atomic mass is 14.9. The predicted octanol–water partition coefficient (Wildman–Crippen LogP) is 0.562. The van der Waals surface area contributed by atoms with Gasteiger partial charge in [-0.15, -0.1) is 0 Å². The molecule has 1 aromatic heterocycles. The summed E-state index contributed by atoms with van der Waals surface area (Å²) in [6.07, 6.45) is 6.11. The summed E-state index contributed by atoms with van der Waals surface area (Å²) in [6, 6.07) is 0. The zero-order valence-corrected chi connectivity index (χ0v) is 6.51. The van der Waals surface area contributed by atoms with E-state index in [9.17, 15) is 0 Å². The van der Waals surface area contributed by atoms with Gasteiger partial charge in [0.05, 0.1) is 6.33 Å². The highest BCUT2D eigenvalue weighted by molar-refractivity contribution is 4.97. The fraction of sp³-hybridized carbons (Fsp3) is 0.625. The molecule has 1 saturated heterocycles. The molecule has 1 aliphatic heterocycles. The topological polar surface area (TPSA) is 40.7 Å². The van der Waals surface area contributed by atoms with Crippen molar-refractivity contribution in [2.45, 2.75) is 12.8 Å². The van der Waals surface area contributed by atoms with Crippen molar-refractivity contribution in [3.8, 4) is 0 Å². The molecule has 1 aromatic rings. The van der Waals surface area contributed by atoms with Crippen LogP contribution < -0.4 is 5.32 Å². The van der Waals surface area contributed by atoms with Gasteiger partial charge in [-0.25, -0.2) is 4.98 Å². The maximum atomic E-state index is 3.99. The zero-order valence-electron chi connectivity index (χ0n) is 6.51. The van der Waals surface area contributed by atoms with E-state index in [-0.39, 0.29) is 0 Å². The van der Waals surface area contributed by atoms with Crippen LogP contribution in [0.5, 0.6) is 0 Å². The van der Waals surface area contributed by atoms with Crippen LogP contribution in [0, 0.1) is 5.92 Å². The second kappa shape index (κ2) is 3.05. The van der Waals surface area contributed by atoms with Crippen LogP contribution in [0.4, 0.5) is 0 Å². The molecular weight excluding hydrogens is 138 g/mol. The summed E-state index contributed by atoms with van der Waals surface area (Å²) < 4.78 is 0. The number of imidazole rings is 1. The van der Waals surface area contributed by atoms with Gasteiger partial charge in [-0.3, -0.25) is 0 Å². The molecular formula is C8H13N3. The smallest absolute Gasteiger partial charge is 0.0921 e. The lowest BCUT2D eigenvalue weighted by atomic mass is 10.0. The molecule has 1 fully saturated rings. The first kappa shape index (κ1) is 6.85. The minimum absolute atomic E-state index is 0.815. The SMILES string of the molecule is c1ncc(C[C@@H]2CCNC2)[nH]1. The molecule has 0 bridgehead atoms. The standard InChI is InChI=1S/C8H13N3/c1-2-9-4-7(1)3-8-5-10-6-11-8/h5-7,9H,1-4H2,(H,10,11)/t7-/m0/s1. The molecule has 11 heavy (non-hydrogen) atoms. The first-order chi connectivity index (χ1) is 5.45. The molecule has 2 N–H and O–H groups in total. The molecule has 0 spiro atoms.